The molecule has 0 radical (unpaired) electrons. The van der Waals surface area contributed by atoms with Crippen molar-refractivity contribution in [2.75, 3.05) is 17.6 Å². The van der Waals surface area contributed by atoms with E-state index in [4.69, 9.17) is 69.6 Å². The van der Waals surface area contributed by atoms with E-state index in [2.05, 4.69) is 4.52 Å². The maximum absolute atomic E-state index is 11.0. The van der Waals surface area contributed by atoms with Crippen LogP contribution in [0.25, 0.3) is 0 Å². The summed E-state index contributed by atoms with van der Waals surface area (Å²) in [6, 6.07) is 0. The molecule has 0 aromatic rings. The lowest BCUT2D eigenvalue weighted by molar-refractivity contribution is -0.349. The van der Waals surface area contributed by atoms with Crippen LogP contribution in [0, 0.1) is 0 Å². The predicted octanol–water partition coefficient (Wildman–Crippen LogP) is 2.89. The fourth-order valence-corrected chi connectivity index (χ4v) is 5.03. The highest BCUT2D eigenvalue weighted by Crippen LogP contribution is 2.46. The summed E-state index contributed by atoms with van der Waals surface area (Å²) < 4.78 is 15.7. The van der Waals surface area contributed by atoms with Crippen molar-refractivity contribution < 1.29 is 18.9 Å². The number of rotatable bonds is 10. The van der Waals surface area contributed by atoms with Crippen LogP contribution in [0.3, 0.4) is 0 Å². The van der Waals surface area contributed by atoms with Crippen molar-refractivity contribution in [3.05, 3.63) is 0 Å². The topological polar surface area (TPSA) is 72.4 Å². The van der Waals surface area contributed by atoms with Crippen molar-refractivity contribution in [1.29, 1.82) is 0 Å². The van der Waals surface area contributed by atoms with Gasteiger partial charge in [-0.2, -0.15) is 0 Å². The summed E-state index contributed by atoms with van der Waals surface area (Å²) in [5, 5.41) is -3.16. The number of phosphoric ester groups is 1. The van der Waals surface area contributed by atoms with Crippen molar-refractivity contribution in [3.8, 4) is 0 Å². The van der Waals surface area contributed by atoms with E-state index in [1.165, 1.54) is 0 Å². The zero-order chi connectivity index (χ0) is 16.0. The quantitative estimate of drug-likeness (QED) is 0.396. The van der Waals surface area contributed by atoms with Gasteiger partial charge in [-0.05, 0) is 12.8 Å². The lowest BCUT2D eigenvalue weighted by atomic mass is 9.88. The third-order valence-electron chi connectivity index (χ3n) is 2.60. The second kappa shape index (κ2) is 9.87. The summed E-state index contributed by atoms with van der Waals surface area (Å²) in [4.78, 5) is 22.1. The summed E-state index contributed by atoms with van der Waals surface area (Å²) in [5.74, 6) is -0.0338. The first-order valence-electron chi connectivity index (χ1n) is 5.48. The van der Waals surface area contributed by atoms with Gasteiger partial charge in [0.25, 0.3) is 0 Å². The van der Waals surface area contributed by atoms with Gasteiger partial charge in [0.05, 0.1) is 24.0 Å². The van der Waals surface area contributed by atoms with Crippen LogP contribution >= 0.6 is 77.4 Å². The standard InChI is InChI=1S/C9H15Cl6O4P/c10-3-1-6(13)9(8(15)5-12,7(14)2-4-11)19-20(16,17)18/h6-8H,1-5H2,(H2,16,17,18)/p-2. The molecule has 3 unspecified atom stereocenters. The van der Waals surface area contributed by atoms with Gasteiger partial charge in [-0.1, -0.05) is 0 Å². The van der Waals surface area contributed by atoms with Crippen LogP contribution in [0.15, 0.2) is 0 Å². The fraction of sp³-hybridized carbons (Fsp3) is 1.00. The molecule has 4 nitrogen and oxygen atoms in total. The average molecular weight is 429 g/mol. The molecule has 0 saturated carbocycles. The van der Waals surface area contributed by atoms with E-state index in [1.54, 1.807) is 0 Å². The number of phosphoric acid groups is 1. The van der Waals surface area contributed by atoms with E-state index in [-0.39, 0.29) is 30.5 Å². The van der Waals surface area contributed by atoms with Crippen LogP contribution in [0.4, 0.5) is 0 Å². The van der Waals surface area contributed by atoms with Crippen molar-refractivity contribution in [3.63, 3.8) is 0 Å². The minimum atomic E-state index is -5.41. The molecule has 0 bridgehead atoms. The van der Waals surface area contributed by atoms with E-state index in [1.807, 2.05) is 0 Å². The predicted molar refractivity (Wildman–Crippen MR) is 81.7 cm³/mol. The SMILES string of the molecule is O=P([O-])([O-])OC(C(Cl)CCl)(C(Cl)CCCl)C(Cl)CCCl. The van der Waals surface area contributed by atoms with E-state index in [0.717, 1.165) is 0 Å². The Hall–Kier alpha value is 1.85. The summed E-state index contributed by atoms with van der Waals surface area (Å²) >= 11 is 35.2. The number of alkyl halides is 6. The second-order valence-corrected chi connectivity index (χ2v) is 7.63. The summed E-state index contributed by atoms with van der Waals surface area (Å²) in [5.41, 5.74) is -1.88. The van der Waals surface area contributed by atoms with E-state index in [0.29, 0.717) is 0 Å². The second-order valence-electron chi connectivity index (χ2n) is 3.90. The molecule has 0 aromatic heterocycles. The van der Waals surface area contributed by atoms with Crippen molar-refractivity contribution in [2.24, 2.45) is 0 Å². The van der Waals surface area contributed by atoms with Gasteiger partial charge >= 0.3 is 0 Å². The minimum absolute atomic E-state index is 0.0949. The molecule has 0 fully saturated rings. The lowest BCUT2D eigenvalue weighted by Crippen LogP contribution is -2.58. The Balaban J connectivity index is 5.68. The zero-order valence-electron chi connectivity index (χ0n) is 10.1. The first-order valence-corrected chi connectivity index (χ1v) is 9.86. The van der Waals surface area contributed by atoms with Gasteiger partial charge in [0.15, 0.2) is 0 Å². The summed E-state index contributed by atoms with van der Waals surface area (Å²) in [6.45, 7) is 0. The Morgan fingerprint density at radius 2 is 1.35 bits per heavy atom. The molecule has 0 saturated heterocycles. The van der Waals surface area contributed by atoms with Gasteiger partial charge in [-0.3, -0.25) is 0 Å². The minimum Gasteiger partial charge on any atom is -0.790 e. The molecule has 11 heteroatoms. The molecule has 0 N–H and O–H groups in total. The maximum Gasteiger partial charge on any atom is 0.123 e. The fourth-order valence-electron chi connectivity index (χ4n) is 1.72. The number of halogens is 6. The van der Waals surface area contributed by atoms with Gasteiger partial charge < -0.3 is 18.9 Å². The third kappa shape index (κ3) is 6.16. The highest BCUT2D eigenvalue weighted by Gasteiger charge is 2.51. The smallest absolute Gasteiger partial charge is 0.123 e. The lowest BCUT2D eigenvalue weighted by Gasteiger charge is -2.49. The zero-order valence-corrected chi connectivity index (χ0v) is 15.5. The number of hydrogen-bond donors (Lipinski definition) is 0. The molecule has 3 atom stereocenters. The molecule has 0 rings (SSSR count). The van der Waals surface area contributed by atoms with Gasteiger partial charge in [0.2, 0.25) is 0 Å². The molecule has 0 aliphatic rings. The molecule has 0 amide bonds. The van der Waals surface area contributed by atoms with Crippen LogP contribution < -0.4 is 9.79 Å². The Bertz CT molecular complexity index is 316. The molecular weight excluding hydrogens is 416 g/mol. The molecule has 0 heterocycles. The molecule has 20 heavy (non-hydrogen) atoms. The molecule has 122 valence electrons. The van der Waals surface area contributed by atoms with Crippen LogP contribution in [-0.2, 0) is 9.09 Å². The maximum atomic E-state index is 11.0. The Labute approximate surface area is 148 Å². The highest BCUT2D eigenvalue weighted by atomic mass is 35.5. The van der Waals surface area contributed by atoms with Gasteiger partial charge in [-0.15, -0.1) is 69.6 Å². The van der Waals surface area contributed by atoms with Crippen LogP contribution in [0.2, 0.25) is 0 Å². The van der Waals surface area contributed by atoms with E-state index in [9.17, 15) is 14.4 Å². The molecular formula is C9H13Cl6O4P-2. The van der Waals surface area contributed by atoms with Crippen molar-refractivity contribution >= 4 is 77.4 Å². The Morgan fingerprint density at radius 3 is 1.60 bits per heavy atom. The van der Waals surface area contributed by atoms with Gasteiger partial charge in [-0.25, -0.2) is 0 Å². The molecule has 0 spiro atoms. The highest BCUT2D eigenvalue weighted by molar-refractivity contribution is 7.43. The van der Waals surface area contributed by atoms with Gasteiger partial charge in [0.1, 0.15) is 5.60 Å². The van der Waals surface area contributed by atoms with E-state index >= 15 is 0 Å². The molecule has 0 aromatic carbocycles. The van der Waals surface area contributed by atoms with Crippen LogP contribution in [0.1, 0.15) is 12.8 Å². The average Bonchev–Trinajstić information content (AvgIpc) is 2.34. The Kier molecular flexibility index (Phi) is 10.8. The van der Waals surface area contributed by atoms with E-state index < -0.39 is 29.6 Å². The first kappa shape index (κ1) is 21.9. The van der Waals surface area contributed by atoms with Crippen molar-refractivity contribution in [1.82, 2.24) is 0 Å². The normalized spacial score (nSPS) is 20.2. The summed E-state index contributed by atoms with van der Waals surface area (Å²) in [7, 11) is -5.41. The summed E-state index contributed by atoms with van der Waals surface area (Å²) in [6.07, 6.45) is 0.240. The molecule has 0 aliphatic heterocycles. The largest absolute Gasteiger partial charge is 0.790 e. The Morgan fingerprint density at radius 1 is 0.950 bits per heavy atom. The monoisotopic (exact) mass is 426 g/mol. The van der Waals surface area contributed by atoms with Crippen LogP contribution in [0.5, 0.6) is 0 Å². The van der Waals surface area contributed by atoms with Gasteiger partial charge in [0, 0.05) is 17.6 Å². The third-order valence-corrected chi connectivity index (χ3v) is 5.66. The molecule has 0 aliphatic carbocycles. The number of hydrogen-bond acceptors (Lipinski definition) is 4. The first-order chi connectivity index (χ1) is 9.15. The van der Waals surface area contributed by atoms with Crippen LogP contribution in [-0.4, -0.2) is 39.4 Å². The van der Waals surface area contributed by atoms with Crippen molar-refractivity contribution in [2.45, 2.75) is 34.6 Å².